The normalized spacial score (nSPS) is 14.6. The second-order valence-corrected chi connectivity index (χ2v) is 11.8. The van der Waals surface area contributed by atoms with E-state index >= 15 is 0 Å². The molecule has 0 saturated heterocycles. The van der Waals surface area contributed by atoms with Crippen molar-refractivity contribution in [2.75, 3.05) is 10.0 Å². The minimum Gasteiger partial charge on any atom is -0.351 e. The Balaban J connectivity index is 1.43. The lowest BCUT2D eigenvalue weighted by atomic mass is 9.96. The lowest BCUT2D eigenvalue weighted by molar-refractivity contribution is 0.461. The number of aryl methyl sites for hydroxylation is 1. The van der Waals surface area contributed by atoms with Crippen LogP contribution in [0.2, 0.25) is 10.0 Å². The fourth-order valence-electron chi connectivity index (χ4n) is 4.83. The van der Waals surface area contributed by atoms with Crippen LogP contribution in [0.1, 0.15) is 44.6 Å². The van der Waals surface area contributed by atoms with Crippen LogP contribution < -0.4 is 10.0 Å². The van der Waals surface area contributed by atoms with E-state index in [1.165, 1.54) is 31.4 Å². The molecular weight excluding hydrogens is 527 g/mol. The van der Waals surface area contributed by atoms with Crippen molar-refractivity contribution in [1.29, 1.82) is 0 Å². The number of anilines is 2. The maximum atomic E-state index is 12.8. The number of rotatable bonds is 7. The van der Waals surface area contributed by atoms with E-state index in [2.05, 4.69) is 28.0 Å². The van der Waals surface area contributed by atoms with E-state index in [1.54, 1.807) is 24.3 Å². The zero-order chi connectivity index (χ0) is 26.0. The van der Waals surface area contributed by atoms with Crippen LogP contribution in [-0.2, 0) is 16.4 Å². The van der Waals surface area contributed by atoms with Gasteiger partial charge in [-0.1, -0.05) is 67.6 Å². The maximum Gasteiger partial charge on any atom is 0.263 e. The third-order valence-electron chi connectivity index (χ3n) is 6.74. The predicted molar refractivity (Wildman–Crippen MR) is 152 cm³/mol. The summed E-state index contributed by atoms with van der Waals surface area (Å²) in [5, 5.41) is 5.03. The van der Waals surface area contributed by atoms with Crippen molar-refractivity contribution < 1.29 is 8.42 Å². The molecule has 6 nitrogen and oxygen atoms in total. The van der Waals surface area contributed by atoms with Gasteiger partial charge >= 0.3 is 0 Å². The summed E-state index contributed by atoms with van der Waals surface area (Å²) in [4.78, 5) is 9.44. The van der Waals surface area contributed by atoms with Crippen LogP contribution in [-0.4, -0.2) is 24.4 Å². The van der Waals surface area contributed by atoms with Gasteiger partial charge in [0.1, 0.15) is 4.90 Å². The molecule has 1 aromatic heterocycles. The Morgan fingerprint density at radius 2 is 1.76 bits per heavy atom. The summed E-state index contributed by atoms with van der Waals surface area (Å²) in [6.45, 7) is 2.10. The molecule has 0 amide bonds. The van der Waals surface area contributed by atoms with Gasteiger partial charge in [0.25, 0.3) is 10.0 Å². The molecule has 2 N–H and O–H groups in total. The van der Waals surface area contributed by atoms with Gasteiger partial charge in [0, 0.05) is 23.2 Å². The molecule has 1 heterocycles. The first kappa shape index (κ1) is 25.8. The Bertz CT molecular complexity index is 1550. The van der Waals surface area contributed by atoms with Crippen LogP contribution >= 0.6 is 23.2 Å². The molecule has 1 aliphatic carbocycles. The standard InChI is InChI=1S/C28H28Cl2N4O2S/c1-2-18-14-19(15-20-17-31-28(33-27(18)20)32-21-8-4-3-5-9-21)23-13-12-22(16-25(23)30)34-37(35,36)26-11-7-6-10-24(26)29/h6-7,10-17,21,34H,2-5,8-9H2,1H3,(H,31,32,33). The van der Waals surface area contributed by atoms with Crippen LogP contribution in [0.4, 0.5) is 11.6 Å². The molecule has 37 heavy (non-hydrogen) atoms. The SMILES string of the molecule is CCc1cc(-c2ccc(NS(=O)(=O)c3ccccc3Cl)cc2Cl)cc2cnc(NC3CCCCC3)nc12. The first-order valence-corrected chi connectivity index (χ1v) is 14.7. The smallest absolute Gasteiger partial charge is 0.263 e. The molecule has 1 aliphatic rings. The van der Waals surface area contributed by atoms with Gasteiger partial charge in [-0.25, -0.2) is 18.4 Å². The van der Waals surface area contributed by atoms with E-state index in [1.807, 2.05) is 18.3 Å². The molecule has 9 heteroatoms. The summed E-state index contributed by atoms with van der Waals surface area (Å²) >= 11 is 12.7. The zero-order valence-electron chi connectivity index (χ0n) is 20.5. The molecule has 192 valence electrons. The molecule has 1 saturated carbocycles. The number of sulfonamides is 1. The number of nitrogens with one attached hydrogen (secondary N) is 2. The van der Waals surface area contributed by atoms with E-state index in [9.17, 15) is 8.42 Å². The topological polar surface area (TPSA) is 84.0 Å². The van der Waals surface area contributed by atoms with Crippen molar-refractivity contribution >= 4 is 55.8 Å². The molecule has 3 aromatic carbocycles. The van der Waals surface area contributed by atoms with E-state index in [0.29, 0.717) is 22.7 Å². The molecule has 0 atom stereocenters. The van der Waals surface area contributed by atoms with Crippen molar-refractivity contribution in [1.82, 2.24) is 9.97 Å². The Morgan fingerprint density at radius 1 is 0.973 bits per heavy atom. The lowest BCUT2D eigenvalue weighted by Crippen LogP contribution is -2.23. The van der Waals surface area contributed by atoms with Gasteiger partial charge in [0.15, 0.2) is 0 Å². The van der Waals surface area contributed by atoms with Gasteiger partial charge in [-0.2, -0.15) is 0 Å². The Kier molecular flexibility index (Phi) is 7.56. The molecule has 4 aromatic rings. The molecule has 0 unspecified atom stereocenters. The summed E-state index contributed by atoms with van der Waals surface area (Å²) in [5.74, 6) is 0.676. The first-order valence-electron chi connectivity index (χ1n) is 12.5. The third kappa shape index (κ3) is 5.69. The molecule has 0 bridgehead atoms. The highest BCUT2D eigenvalue weighted by Gasteiger charge is 2.19. The molecule has 0 radical (unpaired) electrons. The van der Waals surface area contributed by atoms with Crippen molar-refractivity contribution in [2.24, 2.45) is 0 Å². The monoisotopic (exact) mass is 554 g/mol. The Hall–Kier alpha value is -2.87. The average Bonchev–Trinajstić information content (AvgIpc) is 2.89. The van der Waals surface area contributed by atoms with Crippen molar-refractivity contribution in [2.45, 2.75) is 56.4 Å². The highest BCUT2D eigenvalue weighted by atomic mass is 35.5. The second kappa shape index (κ2) is 10.9. The fraction of sp³-hybridized carbons (Fsp3) is 0.286. The second-order valence-electron chi connectivity index (χ2n) is 9.33. The molecule has 0 spiro atoms. The number of benzene rings is 3. The van der Waals surface area contributed by atoms with Gasteiger partial charge in [-0.15, -0.1) is 0 Å². The average molecular weight is 556 g/mol. The van der Waals surface area contributed by atoms with E-state index in [4.69, 9.17) is 28.2 Å². The van der Waals surface area contributed by atoms with Crippen LogP contribution in [0, 0.1) is 0 Å². The number of fused-ring (bicyclic) bond motifs is 1. The highest BCUT2D eigenvalue weighted by Crippen LogP contribution is 2.35. The number of nitrogens with zero attached hydrogens (tertiary/aromatic N) is 2. The van der Waals surface area contributed by atoms with Crippen molar-refractivity contribution in [3.63, 3.8) is 0 Å². The van der Waals surface area contributed by atoms with E-state index in [0.717, 1.165) is 46.9 Å². The molecule has 0 aliphatic heterocycles. The summed E-state index contributed by atoms with van der Waals surface area (Å²) in [7, 11) is -3.86. The van der Waals surface area contributed by atoms with Crippen LogP contribution in [0.5, 0.6) is 0 Å². The van der Waals surface area contributed by atoms with E-state index < -0.39 is 10.0 Å². The largest absolute Gasteiger partial charge is 0.351 e. The third-order valence-corrected chi connectivity index (χ3v) is 8.93. The Morgan fingerprint density at radius 3 is 2.49 bits per heavy atom. The summed E-state index contributed by atoms with van der Waals surface area (Å²) in [6.07, 6.45) is 8.77. The predicted octanol–water partition coefficient (Wildman–Crippen LogP) is 7.71. The Labute approximate surface area is 227 Å². The number of halogens is 2. The number of hydrogen-bond acceptors (Lipinski definition) is 5. The van der Waals surface area contributed by atoms with Gasteiger partial charge in [0.05, 0.1) is 21.2 Å². The van der Waals surface area contributed by atoms with Crippen LogP contribution in [0.15, 0.2) is 65.7 Å². The fourth-order valence-corrected chi connectivity index (χ4v) is 6.69. The van der Waals surface area contributed by atoms with E-state index in [-0.39, 0.29) is 9.92 Å². The minimum absolute atomic E-state index is 0.0105. The maximum absolute atomic E-state index is 12.8. The summed E-state index contributed by atoms with van der Waals surface area (Å²) in [5.41, 5.74) is 4.10. The summed E-state index contributed by atoms with van der Waals surface area (Å²) in [6, 6.07) is 16.0. The van der Waals surface area contributed by atoms with Crippen molar-refractivity contribution in [3.05, 3.63) is 76.4 Å². The lowest BCUT2D eigenvalue weighted by Gasteiger charge is -2.22. The van der Waals surface area contributed by atoms with Gasteiger partial charge in [-0.05, 0) is 66.8 Å². The van der Waals surface area contributed by atoms with Gasteiger partial charge in [0.2, 0.25) is 5.95 Å². The highest BCUT2D eigenvalue weighted by molar-refractivity contribution is 7.92. The van der Waals surface area contributed by atoms with Crippen LogP contribution in [0.3, 0.4) is 0 Å². The van der Waals surface area contributed by atoms with Crippen LogP contribution in [0.25, 0.3) is 22.0 Å². The zero-order valence-corrected chi connectivity index (χ0v) is 22.8. The molecule has 5 rings (SSSR count). The molecule has 1 fully saturated rings. The number of hydrogen-bond donors (Lipinski definition) is 2. The van der Waals surface area contributed by atoms with Gasteiger partial charge < -0.3 is 5.32 Å². The minimum atomic E-state index is -3.86. The number of aromatic nitrogens is 2. The summed E-state index contributed by atoms with van der Waals surface area (Å²) < 4.78 is 28.2. The quantitative estimate of drug-likeness (QED) is 0.244. The molecular formula is C28H28Cl2N4O2S. The first-order chi connectivity index (χ1) is 17.8. The van der Waals surface area contributed by atoms with Crippen molar-refractivity contribution in [3.8, 4) is 11.1 Å². The van der Waals surface area contributed by atoms with Gasteiger partial charge in [-0.3, -0.25) is 4.72 Å².